The van der Waals surface area contributed by atoms with Gasteiger partial charge in [-0.25, -0.2) is 4.79 Å². The zero-order chi connectivity index (χ0) is 17.0. The van der Waals surface area contributed by atoms with Crippen LogP contribution in [-0.2, 0) is 9.53 Å². The maximum Gasteiger partial charge on any atom is 0.331 e. The van der Waals surface area contributed by atoms with Crippen molar-refractivity contribution in [2.45, 2.75) is 86.2 Å². The maximum absolute atomic E-state index is 11.5. The summed E-state index contributed by atoms with van der Waals surface area (Å²) in [5.41, 5.74) is 0.953. The molecule has 0 spiro atoms. The van der Waals surface area contributed by atoms with E-state index in [2.05, 4.69) is 26.8 Å². The summed E-state index contributed by atoms with van der Waals surface area (Å²) in [7, 11) is 0. The quantitative estimate of drug-likeness (QED) is 0.263. The molecule has 2 nitrogen and oxygen atoms in total. The topological polar surface area (TPSA) is 26.3 Å². The van der Waals surface area contributed by atoms with Gasteiger partial charge in [-0.15, -0.1) is 0 Å². The molecule has 0 heterocycles. The van der Waals surface area contributed by atoms with Crippen molar-refractivity contribution in [2.75, 3.05) is 0 Å². The lowest BCUT2D eigenvalue weighted by Gasteiger charge is -2.12. The van der Waals surface area contributed by atoms with Gasteiger partial charge in [0.25, 0.3) is 0 Å². The zero-order valence-corrected chi connectivity index (χ0v) is 15.5. The number of carbonyl (C=O) groups excluding carboxylic acids is 1. The van der Waals surface area contributed by atoms with Crippen LogP contribution in [0.2, 0.25) is 0 Å². The average molecular weight is 309 g/mol. The molecule has 0 bridgehead atoms. The Bertz CT molecular complexity index is 353. The largest absolute Gasteiger partial charge is 0.460 e. The smallest absolute Gasteiger partial charge is 0.331 e. The van der Waals surface area contributed by atoms with Crippen molar-refractivity contribution < 1.29 is 9.53 Å². The molecule has 0 saturated heterocycles. The van der Waals surface area contributed by atoms with Crippen molar-refractivity contribution in [1.82, 2.24) is 0 Å². The molecule has 0 aliphatic rings. The number of esters is 1. The van der Waals surface area contributed by atoms with Crippen LogP contribution in [0.4, 0.5) is 0 Å². The van der Waals surface area contributed by atoms with E-state index in [1.54, 1.807) is 6.08 Å². The van der Waals surface area contributed by atoms with Crippen molar-refractivity contribution in [3.8, 4) is 0 Å². The third kappa shape index (κ3) is 12.7. The fraction of sp³-hybridized carbons (Fsp3) is 0.750. The first kappa shape index (κ1) is 20.9. The van der Waals surface area contributed by atoms with Crippen LogP contribution in [0.3, 0.4) is 0 Å². The van der Waals surface area contributed by atoms with Crippen molar-refractivity contribution in [3.63, 3.8) is 0 Å². The predicted molar refractivity (Wildman–Crippen MR) is 95.8 cm³/mol. The minimum absolute atomic E-state index is 0.0596. The molecule has 22 heavy (non-hydrogen) atoms. The van der Waals surface area contributed by atoms with Crippen LogP contribution in [0, 0.1) is 11.8 Å². The van der Waals surface area contributed by atoms with Gasteiger partial charge in [-0.05, 0) is 44.6 Å². The van der Waals surface area contributed by atoms with Gasteiger partial charge in [-0.3, -0.25) is 0 Å². The van der Waals surface area contributed by atoms with Crippen molar-refractivity contribution in [2.24, 2.45) is 11.8 Å². The third-order valence-corrected chi connectivity index (χ3v) is 3.79. The number of hydrogen-bond donors (Lipinski definition) is 0. The van der Waals surface area contributed by atoms with Crippen LogP contribution >= 0.6 is 0 Å². The highest BCUT2D eigenvalue weighted by Crippen LogP contribution is 2.18. The van der Waals surface area contributed by atoms with E-state index >= 15 is 0 Å². The van der Waals surface area contributed by atoms with E-state index in [4.69, 9.17) is 4.74 Å². The second kappa shape index (κ2) is 12.5. The molecule has 2 heteroatoms. The number of carbonyl (C=O) groups is 1. The zero-order valence-electron chi connectivity index (χ0n) is 15.5. The summed E-state index contributed by atoms with van der Waals surface area (Å²) in [6.45, 7) is 12.6. The first-order valence-electron chi connectivity index (χ1n) is 8.90. The molecule has 0 aliphatic heterocycles. The Morgan fingerprint density at radius 2 is 1.68 bits per heavy atom. The second-order valence-electron chi connectivity index (χ2n) is 6.94. The number of hydrogen-bond acceptors (Lipinski definition) is 2. The highest BCUT2D eigenvalue weighted by atomic mass is 16.5. The molecule has 0 rings (SSSR count). The summed E-state index contributed by atoms with van der Waals surface area (Å²) in [5.74, 6) is 1.32. The maximum atomic E-state index is 11.5. The lowest BCUT2D eigenvalue weighted by molar-refractivity contribution is -0.141. The van der Waals surface area contributed by atoms with Gasteiger partial charge >= 0.3 is 5.97 Å². The van der Waals surface area contributed by atoms with E-state index in [9.17, 15) is 4.79 Å². The second-order valence-corrected chi connectivity index (χ2v) is 6.94. The Kier molecular flexibility index (Phi) is 11.9. The van der Waals surface area contributed by atoms with Crippen molar-refractivity contribution >= 4 is 5.97 Å². The van der Waals surface area contributed by atoms with E-state index < -0.39 is 0 Å². The summed E-state index contributed by atoms with van der Waals surface area (Å²) in [6, 6.07) is 0. The minimum Gasteiger partial charge on any atom is -0.460 e. The SMILES string of the molecule is CCCC(C)CCCC(C)CC=CC(C)=CC(=O)OC(C)C. The van der Waals surface area contributed by atoms with Gasteiger partial charge < -0.3 is 4.74 Å². The summed E-state index contributed by atoms with van der Waals surface area (Å²) < 4.78 is 5.09. The van der Waals surface area contributed by atoms with Crippen LogP contribution < -0.4 is 0 Å². The Morgan fingerprint density at radius 3 is 2.27 bits per heavy atom. The van der Waals surface area contributed by atoms with E-state index in [1.807, 2.05) is 26.8 Å². The van der Waals surface area contributed by atoms with Crippen molar-refractivity contribution in [3.05, 3.63) is 23.8 Å². The molecule has 0 aliphatic carbocycles. The number of allylic oxidation sites excluding steroid dienone is 3. The molecule has 0 aromatic carbocycles. The Hall–Kier alpha value is -1.05. The average Bonchev–Trinajstić information content (AvgIpc) is 2.37. The Morgan fingerprint density at radius 1 is 1.05 bits per heavy atom. The summed E-state index contributed by atoms with van der Waals surface area (Å²) in [4.78, 5) is 11.5. The summed E-state index contributed by atoms with van der Waals surface area (Å²) >= 11 is 0. The molecule has 0 aromatic heterocycles. The summed E-state index contributed by atoms with van der Waals surface area (Å²) in [6.07, 6.45) is 13.4. The van der Waals surface area contributed by atoms with Gasteiger partial charge in [0.15, 0.2) is 0 Å². The lowest BCUT2D eigenvalue weighted by atomic mass is 9.94. The highest BCUT2D eigenvalue weighted by Gasteiger charge is 2.04. The standard InChI is InChI=1S/C20H36O2/c1-7-10-17(4)11-8-12-18(5)13-9-14-19(6)15-20(21)22-16(2)3/h9,14-18H,7-8,10-13H2,1-6H3. The normalized spacial score (nSPS) is 15.3. The van der Waals surface area contributed by atoms with Gasteiger partial charge in [-0.2, -0.15) is 0 Å². The van der Waals surface area contributed by atoms with Crippen molar-refractivity contribution in [1.29, 1.82) is 0 Å². The van der Waals surface area contributed by atoms with Gasteiger partial charge in [-0.1, -0.05) is 65.0 Å². The van der Waals surface area contributed by atoms with Gasteiger partial charge in [0.1, 0.15) is 0 Å². The fourth-order valence-corrected chi connectivity index (χ4v) is 2.56. The number of ether oxygens (including phenoxy) is 1. The molecule has 0 fully saturated rings. The predicted octanol–water partition coefficient (Wildman–Crippen LogP) is 6.07. The van der Waals surface area contributed by atoms with Crippen LogP contribution in [0.1, 0.15) is 80.1 Å². The highest BCUT2D eigenvalue weighted by molar-refractivity contribution is 5.83. The molecule has 0 amide bonds. The van der Waals surface area contributed by atoms with Crippen LogP contribution in [0.25, 0.3) is 0 Å². The summed E-state index contributed by atoms with van der Waals surface area (Å²) in [5, 5.41) is 0. The fourth-order valence-electron chi connectivity index (χ4n) is 2.56. The molecule has 0 saturated carbocycles. The third-order valence-electron chi connectivity index (χ3n) is 3.79. The van der Waals surface area contributed by atoms with Gasteiger partial charge in [0, 0.05) is 6.08 Å². The van der Waals surface area contributed by atoms with Crippen LogP contribution in [0.5, 0.6) is 0 Å². The van der Waals surface area contributed by atoms with Crippen LogP contribution in [0.15, 0.2) is 23.8 Å². The first-order chi connectivity index (χ1) is 10.3. The number of rotatable bonds is 11. The van der Waals surface area contributed by atoms with E-state index in [1.165, 1.54) is 32.1 Å². The Balaban J connectivity index is 3.95. The Labute approximate surface area is 138 Å². The molecule has 0 N–H and O–H groups in total. The molecule has 2 atom stereocenters. The van der Waals surface area contributed by atoms with E-state index in [0.29, 0.717) is 5.92 Å². The lowest BCUT2D eigenvalue weighted by Crippen LogP contribution is -2.08. The molecule has 128 valence electrons. The molecular weight excluding hydrogens is 272 g/mol. The molecule has 2 unspecified atom stereocenters. The van der Waals surface area contributed by atoms with Gasteiger partial charge in [0.05, 0.1) is 6.10 Å². The van der Waals surface area contributed by atoms with E-state index in [0.717, 1.165) is 17.9 Å². The van der Waals surface area contributed by atoms with Crippen LogP contribution in [-0.4, -0.2) is 12.1 Å². The monoisotopic (exact) mass is 308 g/mol. The van der Waals surface area contributed by atoms with E-state index in [-0.39, 0.29) is 12.1 Å². The first-order valence-corrected chi connectivity index (χ1v) is 8.90. The molecular formula is C20H36O2. The minimum atomic E-state index is -0.255. The molecule has 0 radical (unpaired) electrons. The molecule has 0 aromatic rings. The van der Waals surface area contributed by atoms with Gasteiger partial charge in [0.2, 0.25) is 0 Å².